The Hall–Kier alpha value is -0.540. The van der Waals surface area contributed by atoms with Crippen LogP contribution in [-0.4, -0.2) is 11.8 Å². The van der Waals surface area contributed by atoms with Gasteiger partial charge in [-0.25, -0.2) is 4.39 Å². The van der Waals surface area contributed by atoms with Crippen molar-refractivity contribution in [3.8, 4) is 0 Å². The van der Waals surface area contributed by atoms with Crippen molar-refractivity contribution in [2.75, 3.05) is 5.75 Å². The molecule has 0 saturated carbocycles. The molecule has 1 nitrogen and oxygen atoms in total. The van der Waals surface area contributed by atoms with Gasteiger partial charge in [-0.3, -0.25) is 0 Å². The number of rotatable bonds is 5. The molecule has 3 heteroatoms. The molecule has 1 aromatic rings. The standard InChI is InChI=1S/C11H16FNS/c1-2-4-10(13)8-14-11-6-3-5-9(12)7-11/h3,5-7,10H,2,4,8,13H2,1H3. The lowest BCUT2D eigenvalue weighted by atomic mass is 10.2. The molecule has 0 radical (unpaired) electrons. The first-order chi connectivity index (χ1) is 6.72. The van der Waals surface area contributed by atoms with Gasteiger partial charge in [0.1, 0.15) is 5.82 Å². The molecule has 1 unspecified atom stereocenters. The summed E-state index contributed by atoms with van der Waals surface area (Å²) >= 11 is 1.62. The Balaban J connectivity index is 2.37. The van der Waals surface area contributed by atoms with E-state index in [9.17, 15) is 4.39 Å². The summed E-state index contributed by atoms with van der Waals surface area (Å²) in [6.07, 6.45) is 2.13. The van der Waals surface area contributed by atoms with Crippen LogP contribution < -0.4 is 5.73 Å². The quantitative estimate of drug-likeness (QED) is 0.761. The van der Waals surface area contributed by atoms with E-state index in [0.29, 0.717) is 0 Å². The lowest BCUT2D eigenvalue weighted by molar-refractivity contribution is 0.624. The summed E-state index contributed by atoms with van der Waals surface area (Å²) in [4.78, 5) is 0.955. The zero-order valence-electron chi connectivity index (χ0n) is 8.37. The minimum atomic E-state index is -0.181. The summed E-state index contributed by atoms with van der Waals surface area (Å²) < 4.78 is 12.8. The largest absolute Gasteiger partial charge is 0.327 e. The average molecular weight is 213 g/mol. The van der Waals surface area contributed by atoms with Crippen molar-refractivity contribution >= 4 is 11.8 Å². The highest BCUT2D eigenvalue weighted by Crippen LogP contribution is 2.19. The van der Waals surface area contributed by atoms with E-state index in [1.165, 1.54) is 6.07 Å². The first-order valence-electron chi connectivity index (χ1n) is 4.86. The van der Waals surface area contributed by atoms with Crippen LogP contribution in [0.2, 0.25) is 0 Å². The molecule has 1 rings (SSSR count). The van der Waals surface area contributed by atoms with Gasteiger partial charge in [-0.15, -0.1) is 11.8 Å². The highest BCUT2D eigenvalue weighted by molar-refractivity contribution is 7.99. The zero-order valence-corrected chi connectivity index (χ0v) is 9.19. The fraction of sp³-hybridized carbons (Fsp3) is 0.455. The minimum absolute atomic E-state index is 0.181. The second-order valence-corrected chi connectivity index (χ2v) is 4.41. The van der Waals surface area contributed by atoms with Crippen LogP contribution in [0.3, 0.4) is 0 Å². The molecule has 2 N–H and O–H groups in total. The molecule has 1 aromatic carbocycles. The third-order valence-corrected chi connectivity index (χ3v) is 3.10. The number of nitrogens with two attached hydrogens (primary N) is 1. The second-order valence-electron chi connectivity index (χ2n) is 3.32. The smallest absolute Gasteiger partial charge is 0.124 e. The van der Waals surface area contributed by atoms with Crippen LogP contribution in [0.1, 0.15) is 19.8 Å². The van der Waals surface area contributed by atoms with Crippen LogP contribution in [0.25, 0.3) is 0 Å². The van der Waals surface area contributed by atoms with Crippen molar-refractivity contribution in [1.82, 2.24) is 0 Å². The number of benzene rings is 1. The van der Waals surface area contributed by atoms with Gasteiger partial charge in [0.25, 0.3) is 0 Å². The molecule has 0 aliphatic rings. The molecule has 0 saturated heterocycles. The molecule has 0 spiro atoms. The van der Waals surface area contributed by atoms with Gasteiger partial charge < -0.3 is 5.73 Å². The van der Waals surface area contributed by atoms with Gasteiger partial charge in [-0.1, -0.05) is 19.4 Å². The highest BCUT2D eigenvalue weighted by Gasteiger charge is 2.02. The van der Waals surface area contributed by atoms with Gasteiger partial charge in [0.05, 0.1) is 0 Å². The summed E-state index contributed by atoms with van der Waals surface area (Å²) in [5.74, 6) is 0.677. The Morgan fingerprint density at radius 2 is 2.29 bits per heavy atom. The van der Waals surface area contributed by atoms with Crippen molar-refractivity contribution in [3.05, 3.63) is 30.1 Å². The van der Waals surface area contributed by atoms with Crippen molar-refractivity contribution in [2.45, 2.75) is 30.7 Å². The molecule has 0 aromatic heterocycles. The van der Waals surface area contributed by atoms with Gasteiger partial charge >= 0.3 is 0 Å². The molecule has 0 heterocycles. The average Bonchev–Trinajstić information content (AvgIpc) is 2.15. The predicted molar refractivity (Wildman–Crippen MR) is 60.0 cm³/mol. The first-order valence-corrected chi connectivity index (χ1v) is 5.85. The Morgan fingerprint density at radius 3 is 2.93 bits per heavy atom. The summed E-state index contributed by atoms with van der Waals surface area (Å²) in [7, 11) is 0. The Labute approximate surface area is 88.9 Å². The summed E-state index contributed by atoms with van der Waals surface area (Å²) in [5.41, 5.74) is 5.86. The van der Waals surface area contributed by atoms with Gasteiger partial charge in [-0.05, 0) is 24.6 Å². The van der Waals surface area contributed by atoms with E-state index in [2.05, 4.69) is 6.92 Å². The van der Waals surface area contributed by atoms with E-state index >= 15 is 0 Å². The Kier molecular flexibility index (Phi) is 4.98. The molecular weight excluding hydrogens is 197 g/mol. The number of hydrogen-bond acceptors (Lipinski definition) is 2. The van der Waals surface area contributed by atoms with Crippen molar-refractivity contribution < 1.29 is 4.39 Å². The minimum Gasteiger partial charge on any atom is -0.327 e. The van der Waals surface area contributed by atoms with Crippen molar-refractivity contribution in [2.24, 2.45) is 5.73 Å². The van der Waals surface area contributed by atoms with E-state index < -0.39 is 0 Å². The summed E-state index contributed by atoms with van der Waals surface area (Å²) in [5, 5.41) is 0. The maximum atomic E-state index is 12.8. The van der Waals surface area contributed by atoms with Crippen LogP contribution >= 0.6 is 11.8 Å². The normalized spacial score (nSPS) is 12.8. The lowest BCUT2D eigenvalue weighted by Gasteiger charge is -2.09. The zero-order chi connectivity index (χ0) is 10.4. The van der Waals surface area contributed by atoms with Gasteiger partial charge in [0, 0.05) is 16.7 Å². The molecule has 0 fully saturated rings. The van der Waals surface area contributed by atoms with Gasteiger partial charge in [0.15, 0.2) is 0 Å². The van der Waals surface area contributed by atoms with Crippen LogP contribution in [0.4, 0.5) is 4.39 Å². The van der Waals surface area contributed by atoms with E-state index in [1.54, 1.807) is 23.9 Å². The molecule has 0 aliphatic heterocycles. The number of thioether (sulfide) groups is 1. The van der Waals surface area contributed by atoms with Crippen molar-refractivity contribution in [1.29, 1.82) is 0 Å². The second kappa shape index (κ2) is 6.04. The molecule has 78 valence electrons. The highest BCUT2D eigenvalue weighted by atomic mass is 32.2. The maximum absolute atomic E-state index is 12.8. The third-order valence-electron chi connectivity index (χ3n) is 1.92. The lowest BCUT2D eigenvalue weighted by Crippen LogP contribution is -2.22. The number of halogens is 1. The molecule has 14 heavy (non-hydrogen) atoms. The van der Waals surface area contributed by atoms with Crippen LogP contribution in [0, 0.1) is 5.82 Å². The molecule has 1 atom stereocenters. The van der Waals surface area contributed by atoms with E-state index in [4.69, 9.17) is 5.73 Å². The van der Waals surface area contributed by atoms with Crippen LogP contribution in [0.15, 0.2) is 29.2 Å². The summed E-state index contributed by atoms with van der Waals surface area (Å²) in [6, 6.07) is 6.85. The SMILES string of the molecule is CCCC(N)CSc1cccc(F)c1. The summed E-state index contributed by atoms with van der Waals surface area (Å²) in [6.45, 7) is 2.12. The Morgan fingerprint density at radius 1 is 1.50 bits per heavy atom. The van der Waals surface area contributed by atoms with Gasteiger partial charge in [0.2, 0.25) is 0 Å². The number of hydrogen-bond donors (Lipinski definition) is 1. The third kappa shape index (κ3) is 4.11. The fourth-order valence-electron chi connectivity index (χ4n) is 1.21. The predicted octanol–water partition coefficient (Wildman–Crippen LogP) is 3.05. The molecular formula is C11H16FNS. The first kappa shape index (κ1) is 11.5. The molecule has 0 amide bonds. The molecule has 0 aliphatic carbocycles. The van der Waals surface area contributed by atoms with E-state index in [1.807, 2.05) is 6.07 Å². The fourth-order valence-corrected chi connectivity index (χ4v) is 2.16. The van der Waals surface area contributed by atoms with Crippen LogP contribution in [-0.2, 0) is 0 Å². The van der Waals surface area contributed by atoms with E-state index in [-0.39, 0.29) is 11.9 Å². The van der Waals surface area contributed by atoms with Crippen molar-refractivity contribution in [3.63, 3.8) is 0 Å². The maximum Gasteiger partial charge on any atom is 0.124 e. The van der Waals surface area contributed by atoms with E-state index in [0.717, 1.165) is 23.5 Å². The van der Waals surface area contributed by atoms with Gasteiger partial charge in [-0.2, -0.15) is 0 Å². The Bertz CT molecular complexity index is 278. The topological polar surface area (TPSA) is 26.0 Å². The van der Waals surface area contributed by atoms with Crippen LogP contribution in [0.5, 0.6) is 0 Å². The molecule has 0 bridgehead atoms. The monoisotopic (exact) mass is 213 g/mol.